The summed E-state index contributed by atoms with van der Waals surface area (Å²) >= 11 is 6.56. The molecule has 1 aliphatic heterocycles. The zero-order chi connectivity index (χ0) is 23.8. The maximum Gasteiger partial charge on any atom is 0.254 e. The number of rotatable bonds is 6. The molecule has 4 aromatic rings. The van der Waals surface area contributed by atoms with Crippen molar-refractivity contribution in [1.29, 1.82) is 0 Å². The fourth-order valence-electron chi connectivity index (χ4n) is 4.25. The molecule has 184 valence electrons. The van der Waals surface area contributed by atoms with Crippen molar-refractivity contribution >= 4 is 40.7 Å². The van der Waals surface area contributed by atoms with E-state index >= 15 is 0 Å². The third-order valence-electron chi connectivity index (χ3n) is 6.15. The molecular formula is C25H25Cl2N3O5. The van der Waals surface area contributed by atoms with Crippen molar-refractivity contribution in [1.82, 2.24) is 15.0 Å². The molecule has 0 amide bonds. The molecule has 3 heterocycles. The Morgan fingerprint density at radius 2 is 1.91 bits per heavy atom. The summed E-state index contributed by atoms with van der Waals surface area (Å²) in [6, 6.07) is 12.6. The van der Waals surface area contributed by atoms with Crippen LogP contribution < -0.4 is 9.47 Å². The van der Waals surface area contributed by atoms with Crippen molar-refractivity contribution in [2.75, 3.05) is 27.2 Å². The van der Waals surface area contributed by atoms with Gasteiger partial charge in [-0.15, -0.1) is 12.4 Å². The number of nitrogens with zero attached hydrogens (tertiary/aromatic N) is 2. The summed E-state index contributed by atoms with van der Waals surface area (Å²) in [6.45, 7) is 2.06. The SMILES string of the molecule is COc1cc(C(=O)c2c(O)[nH]c3cc(Cl)c(-c4ccc(OC5CCN(C)CC5)cc4)cc23)on1.Cl. The topological polar surface area (TPSA) is 101 Å². The Kier molecular flexibility index (Phi) is 7.25. The molecule has 8 nitrogen and oxygen atoms in total. The number of fused-ring (bicyclic) bond motifs is 1. The average Bonchev–Trinajstić information content (AvgIpc) is 3.44. The lowest BCUT2D eigenvalue weighted by Gasteiger charge is -2.29. The summed E-state index contributed by atoms with van der Waals surface area (Å²) in [7, 11) is 3.55. The highest BCUT2D eigenvalue weighted by Crippen LogP contribution is 2.38. The highest BCUT2D eigenvalue weighted by molar-refractivity contribution is 6.34. The summed E-state index contributed by atoms with van der Waals surface area (Å²) in [5.41, 5.74) is 2.20. The molecule has 35 heavy (non-hydrogen) atoms. The minimum absolute atomic E-state index is 0. The van der Waals surface area contributed by atoms with Gasteiger partial charge in [-0.05, 0) is 54.9 Å². The van der Waals surface area contributed by atoms with Crippen molar-refractivity contribution in [2.45, 2.75) is 18.9 Å². The van der Waals surface area contributed by atoms with Crippen molar-refractivity contribution in [3.8, 4) is 28.6 Å². The van der Waals surface area contributed by atoms with E-state index in [0.29, 0.717) is 15.9 Å². The number of aromatic nitrogens is 2. The Morgan fingerprint density at radius 3 is 2.57 bits per heavy atom. The Balaban J connectivity index is 0.00000289. The minimum Gasteiger partial charge on any atom is -0.494 e. The number of aromatic amines is 1. The Bertz CT molecular complexity index is 1340. The monoisotopic (exact) mass is 517 g/mol. The Hall–Kier alpha value is -3.20. The molecule has 0 spiro atoms. The summed E-state index contributed by atoms with van der Waals surface area (Å²) in [5, 5.41) is 15.1. The molecule has 0 radical (unpaired) electrons. The van der Waals surface area contributed by atoms with Crippen molar-refractivity contribution in [3.63, 3.8) is 0 Å². The third kappa shape index (κ3) is 4.96. The first kappa shape index (κ1) is 24.9. The van der Waals surface area contributed by atoms with E-state index in [4.69, 9.17) is 25.6 Å². The molecule has 1 aliphatic rings. The first-order chi connectivity index (χ1) is 16.4. The maximum absolute atomic E-state index is 13.0. The van der Waals surface area contributed by atoms with Crippen molar-refractivity contribution in [3.05, 3.63) is 58.8 Å². The minimum atomic E-state index is -0.519. The van der Waals surface area contributed by atoms with Crippen LogP contribution in [0.5, 0.6) is 17.5 Å². The number of methoxy groups -OCH3 is 1. The first-order valence-electron chi connectivity index (χ1n) is 11.0. The van der Waals surface area contributed by atoms with Crippen LogP contribution in [0.4, 0.5) is 0 Å². The summed E-state index contributed by atoms with van der Waals surface area (Å²) in [4.78, 5) is 18.1. The van der Waals surface area contributed by atoms with Crippen LogP contribution in [0.2, 0.25) is 5.02 Å². The van der Waals surface area contributed by atoms with Gasteiger partial charge in [0.15, 0.2) is 0 Å². The summed E-state index contributed by atoms with van der Waals surface area (Å²) in [5.74, 6) is 0.152. The fourth-order valence-corrected chi connectivity index (χ4v) is 4.52. The number of carbonyl (C=O) groups excluding carboxylic acids is 1. The van der Waals surface area contributed by atoms with Gasteiger partial charge in [-0.3, -0.25) is 4.79 Å². The number of hydrogen-bond acceptors (Lipinski definition) is 7. The zero-order valence-corrected chi connectivity index (χ0v) is 20.8. The van der Waals surface area contributed by atoms with Gasteiger partial charge in [0.25, 0.3) is 5.88 Å². The van der Waals surface area contributed by atoms with Gasteiger partial charge in [-0.2, -0.15) is 0 Å². The van der Waals surface area contributed by atoms with Gasteiger partial charge in [0.05, 0.1) is 29.3 Å². The largest absolute Gasteiger partial charge is 0.494 e. The lowest BCUT2D eigenvalue weighted by molar-refractivity contribution is 0.0999. The van der Waals surface area contributed by atoms with E-state index in [1.54, 1.807) is 12.1 Å². The lowest BCUT2D eigenvalue weighted by Crippen LogP contribution is -2.35. The predicted molar refractivity (Wildman–Crippen MR) is 135 cm³/mol. The number of ether oxygens (including phenoxy) is 2. The van der Waals surface area contributed by atoms with E-state index in [1.807, 2.05) is 24.3 Å². The molecule has 10 heteroatoms. The molecule has 0 bridgehead atoms. The second-order valence-electron chi connectivity index (χ2n) is 8.43. The van der Waals surface area contributed by atoms with Crippen LogP contribution in [-0.4, -0.2) is 59.3 Å². The van der Waals surface area contributed by atoms with Crippen LogP contribution in [0.15, 0.2) is 47.0 Å². The molecule has 5 rings (SSSR count). The van der Waals surface area contributed by atoms with E-state index in [2.05, 4.69) is 22.1 Å². The molecule has 1 saturated heterocycles. The number of ketones is 1. The highest BCUT2D eigenvalue weighted by Gasteiger charge is 2.25. The molecular weight excluding hydrogens is 493 g/mol. The van der Waals surface area contributed by atoms with Crippen LogP contribution in [0.1, 0.15) is 29.0 Å². The van der Waals surface area contributed by atoms with Crippen LogP contribution >= 0.6 is 24.0 Å². The number of aromatic hydroxyl groups is 1. The van der Waals surface area contributed by atoms with Crippen molar-refractivity contribution in [2.24, 2.45) is 0 Å². The molecule has 0 aliphatic carbocycles. The normalized spacial score (nSPS) is 14.6. The quantitative estimate of drug-likeness (QED) is 0.334. The van der Waals surface area contributed by atoms with Gasteiger partial charge in [-0.25, -0.2) is 0 Å². The number of nitrogens with one attached hydrogen (secondary N) is 1. The Morgan fingerprint density at radius 1 is 1.20 bits per heavy atom. The van der Waals surface area contributed by atoms with E-state index in [0.717, 1.165) is 42.8 Å². The van der Waals surface area contributed by atoms with Gasteiger partial charge in [0.1, 0.15) is 11.9 Å². The second kappa shape index (κ2) is 10.2. The predicted octanol–water partition coefficient (Wildman–Crippen LogP) is 5.32. The number of benzene rings is 2. The van der Waals surface area contributed by atoms with Gasteiger partial charge in [0.2, 0.25) is 17.4 Å². The third-order valence-corrected chi connectivity index (χ3v) is 6.46. The van der Waals surface area contributed by atoms with E-state index < -0.39 is 5.78 Å². The van der Waals surface area contributed by atoms with Crippen LogP contribution in [0.25, 0.3) is 22.0 Å². The van der Waals surface area contributed by atoms with Gasteiger partial charge >= 0.3 is 0 Å². The lowest BCUT2D eigenvalue weighted by atomic mass is 10.0. The molecule has 1 fully saturated rings. The molecule has 2 N–H and O–H groups in total. The number of halogens is 2. The average molecular weight is 518 g/mol. The van der Waals surface area contributed by atoms with E-state index in [1.165, 1.54) is 13.2 Å². The molecule has 2 aromatic heterocycles. The first-order valence-corrected chi connectivity index (χ1v) is 11.4. The van der Waals surface area contributed by atoms with E-state index in [-0.39, 0.29) is 41.6 Å². The van der Waals surface area contributed by atoms with Crippen LogP contribution in [-0.2, 0) is 0 Å². The molecule has 0 atom stereocenters. The molecule has 0 saturated carbocycles. The second-order valence-corrected chi connectivity index (χ2v) is 8.84. The maximum atomic E-state index is 13.0. The molecule has 2 aromatic carbocycles. The summed E-state index contributed by atoms with van der Waals surface area (Å²) < 4.78 is 16.2. The zero-order valence-electron chi connectivity index (χ0n) is 19.2. The van der Waals surface area contributed by atoms with Crippen LogP contribution in [0.3, 0.4) is 0 Å². The van der Waals surface area contributed by atoms with Gasteiger partial charge in [0, 0.05) is 24.0 Å². The number of hydrogen-bond donors (Lipinski definition) is 2. The number of piperidine rings is 1. The van der Waals surface area contributed by atoms with E-state index in [9.17, 15) is 9.90 Å². The van der Waals surface area contributed by atoms with Crippen LogP contribution in [0, 0.1) is 0 Å². The standard InChI is InChI=1S/C25H24ClN3O5.ClH/c1-29-9-7-16(8-10-29)33-15-5-3-14(4-6-15)17-11-18-20(12-19(17)26)27-25(31)23(18)24(30)21-13-22(32-2)28-34-21;/h3-6,11-13,16,27,31H,7-10H2,1-2H3;1H. The smallest absolute Gasteiger partial charge is 0.254 e. The van der Waals surface area contributed by atoms with Gasteiger partial charge < -0.3 is 29.0 Å². The fraction of sp³-hybridized carbons (Fsp3) is 0.280. The molecule has 0 unspecified atom stereocenters. The Labute approximate surface area is 213 Å². The number of likely N-dealkylation sites (tertiary alicyclic amines) is 1. The highest BCUT2D eigenvalue weighted by atomic mass is 35.5. The summed E-state index contributed by atoms with van der Waals surface area (Å²) in [6.07, 6.45) is 2.23. The number of H-pyrrole nitrogens is 1. The van der Waals surface area contributed by atoms with Gasteiger partial charge in [-0.1, -0.05) is 23.7 Å². The van der Waals surface area contributed by atoms with Crippen molar-refractivity contribution < 1.29 is 23.9 Å². The number of carbonyl (C=O) groups is 1.